The maximum atomic E-state index is 11.4. The fourth-order valence-electron chi connectivity index (χ4n) is 1.54. The largest absolute Gasteiger partial charge is 0.483 e. The van der Waals surface area contributed by atoms with Crippen LogP contribution in [0, 0.1) is 0 Å². The molecule has 0 bridgehead atoms. The molecule has 0 fully saturated rings. The minimum atomic E-state index is -0.489. The molecule has 5 nitrogen and oxygen atoms in total. The van der Waals surface area contributed by atoms with Crippen molar-refractivity contribution in [1.29, 1.82) is 0 Å². The lowest BCUT2D eigenvalue weighted by atomic mass is 10.2. The lowest BCUT2D eigenvalue weighted by Gasteiger charge is -2.16. The molecular formula is C9H5BrN2O3. The Morgan fingerprint density at radius 3 is 3.20 bits per heavy atom. The van der Waals surface area contributed by atoms with Gasteiger partial charge in [-0.25, -0.2) is 9.36 Å². The van der Waals surface area contributed by atoms with Crippen LogP contribution < -0.4 is 10.5 Å². The van der Waals surface area contributed by atoms with Crippen molar-refractivity contribution in [3.8, 4) is 11.4 Å². The molecule has 0 amide bonds. The van der Waals surface area contributed by atoms with Crippen LogP contribution in [-0.4, -0.2) is 9.72 Å². The number of nitrogens with zero attached hydrogens (tertiary/aromatic N) is 2. The molecule has 2 aromatic rings. The number of hydrogen-bond donors (Lipinski definition) is 0. The Labute approximate surface area is 92.4 Å². The van der Waals surface area contributed by atoms with E-state index in [1.807, 2.05) is 6.07 Å². The van der Waals surface area contributed by atoms with Gasteiger partial charge in [-0.3, -0.25) is 4.52 Å². The number of aromatic nitrogens is 2. The summed E-state index contributed by atoms with van der Waals surface area (Å²) in [5.74, 6) is 0.633. The maximum Gasteiger partial charge on any atom is 0.446 e. The van der Waals surface area contributed by atoms with Gasteiger partial charge in [-0.1, -0.05) is 21.1 Å². The number of fused-ring (bicyclic) bond motifs is 3. The zero-order chi connectivity index (χ0) is 10.4. The Morgan fingerprint density at radius 1 is 1.47 bits per heavy atom. The summed E-state index contributed by atoms with van der Waals surface area (Å²) >= 11 is 3.33. The molecule has 0 unspecified atom stereocenters. The Morgan fingerprint density at radius 2 is 2.33 bits per heavy atom. The van der Waals surface area contributed by atoms with Crippen LogP contribution in [0.25, 0.3) is 5.69 Å². The molecule has 2 heterocycles. The standard InChI is InChI=1S/C9H5BrN2O3/c10-5-1-2-6-7(3-5)14-4-8-11-15-9(13)12(6)8/h1-3H,4H2. The second-order valence-electron chi connectivity index (χ2n) is 3.10. The normalized spacial score (nSPS) is 12.9. The third-order valence-corrected chi connectivity index (χ3v) is 2.68. The van der Waals surface area contributed by atoms with E-state index in [1.165, 1.54) is 4.57 Å². The molecule has 0 spiro atoms. The molecule has 76 valence electrons. The second-order valence-corrected chi connectivity index (χ2v) is 4.02. The van der Waals surface area contributed by atoms with Crippen LogP contribution in [0.1, 0.15) is 5.82 Å². The summed E-state index contributed by atoms with van der Waals surface area (Å²) in [4.78, 5) is 11.4. The predicted molar refractivity (Wildman–Crippen MR) is 54.1 cm³/mol. The molecule has 1 aromatic carbocycles. The van der Waals surface area contributed by atoms with Crippen LogP contribution in [0.3, 0.4) is 0 Å². The van der Waals surface area contributed by atoms with Gasteiger partial charge >= 0.3 is 5.76 Å². The molecule has 3 rings (SSSR count). The van der Waals surface area contributed by atoms with Gasteiger partial charge in [-0.15, -0.1) is 0 Å². The van der Waals surface area contributed by atoms with Gasteiger partial charge < -0.3 is 4.74 Å². The maximum absolute atomic E-state index is 11.4. The average Bonchev–Trinajstić information content (AvgIpc) is 2.60. The quantitative estimate of drug-likeness (QED) is 0.726. The molecule has 0 atom stereocenters. The first-order chi connectivity index (χ1) is 7.25. The summed E-state index contributed by atoms with van der Waals surface area (Å²) in [6.07, 6.45) is 0. The molecule has 1 aliphatic heterocycles. The van der Waals surface area contributed by atoms with Crippen molar-refractivity contribution >= 4 is 15.9 Å². The molecule has 6 heteroatoms. The van der Waals surface area contributed by atoms with Crippen molar-refractivity contribution in [2.75, 3.05) is 0 Å². The topological polar surface area (TPSA) is 57.3 Å². The van der Waals surface area contributed by atoms with Gasteiger partial charge in [0.05, 0.1) is 5.69 Å². The summed E-state index contributed by atoms with van der Waals surface area (Å²) in [5.41, 5.74) is 0.658. The minimum absolute atomic E-state index is 0.245. The highest BCUT2D eigenvalue weighted by molar-refractivity contribution is 9.10. The van der Waals surface area contributed by atoms with E-state index < -0.39 is 5.76 Å². The molecule has 0 N–H and O–H groups in total. The van der Waals surface area contributed by atoms with Crippen molar-refractivity contribution in [3.05, 3.63) is 39.0 Å². The van der Waals surface area contributed by atoms with E-state index in [0.717, 1.165) is 4.47 Å². The van der Waals surface area contributed by atoms with Gasteiger partial charge in [0.15, 0.2) is 12.4 Å². The molecule has 0 aliphatic carbocycles. The summed E-state index contributed by atoms with van der Waals surface area (Å²) < 4.78 is 12.3. The lowest BCUT2D eigenvalue weighted by molar-refractivity contribution is 0.273. The van der Waals surface area contributed by atoms with Gasteiger partial charge in [0, 0.05) is 4.47 Å². The van der Waals surface area contributed by atoms with E-state index in [-0.39, 0.29) is 6.61 Å². The van der Waals surface area contributed by atoms with E-state index in [9.17, 15) is 4.79 Å². The van der Waals surface area contributed by atoms with Crippen LogP contribution in [0.5, 0.6) is 5.75 Å². The summed E-state index contributed by atoms with van der Waals surface area (Å²) in [7, 11) is 0. The van der Waals surface area contributed by atoms with Crippen LogP contribution in [-0.2, 0) is 6.61 Å². The summed E-state index contributed by atoms with van der Waals surface area (Å²) in [6.45, 7) is 0.245. The van der Waals surface area contributed by atoms with E-state index in [4.69, 9.17) is 4.74 Å². The Hall–Kier alpha value is -1.56. The second kappa shape index (κ2) is 2.96. The first-order valence-corrected chi connectivity index (χ1v) is 5.05. The number of ether oxygens (including phenoxy) is 1. The van der Waals surface area contributed by atoms with Crippen LogP contribution >= 0.6 is 15.9 Å². The molecule has 15 heavy (non-hydrogen) atoms. The van der Waals surface area contributed by atoms with Crippen molar-refractivity contribution in [2.24, 2.45) is 0 Å². The number of rotatable bonds is 0. The monoisotopic (exact) mass is 268 g/mol. The highest BCUT2D eigenvalue weighted by Gasteiger charge is 2.21. The van der Waals surface area contributed by atoms with Crippen LogP contribution in [0.4, 0.5) is 0 Å². The molecular weight excluding hydrogens is 264 g/mol. The van der Waals surface area contributed by atoms with E-state index in [0.29, 0.717) is 17.3 Å². The molecule has 1 aromatic heterocycles. The van der Waals surface area contributed by atoms with E-state index in [2.05, 4.69) is 25.6 Å². The Bertz CT molecular complexity index is 587. The van der Waals surface area contributed by atoms with Crippen molar-refractivity contribution in [3.63, 3.8) is 0 Å². The van der Waals surface area contributed by atoms with Gasteiger partial charge in [0.25, 0.3) is 0 Å². The number of benzene rings is 1. The van der Waals surface area contributed by atoms with Gasteiger partial charge in [-0.2, -0.15) is 0 Å². The number of halogens is 1. The van der Waals surface area contributed by atoms with Crippen LogP contribution in [0.15, 0.2) is 32.0 Å². The number of hydrogen-bond acceptors (Lipinski definition) is 4. The Kier molecular flexibility index (Phi) is 1.72. The van der Waals surface area contributed by atoms with E-state index >= 15 is 0 Å². The third-order valence-electron chi connectivity index (χ3n) is 2.19. The van der Waals surface area contributed by atoms with Gasteiger partial charge in [0.2, 0.25) is 0 Å². The zero-order valence-corrected chi connectivity index (χ0v) is 9.02. The summed E-state index contributed by atoms with van der Waals surface area (Å²) in [5, 5.41) is 3.62. The van der Waals surface area contributed by atoms with Gasteiger partial charge in [0.1, 0.15) is 5.75 Å². The van der Waals surface area contributed by atoms with Crippen molar-refractivity contribution in [1.82, 2.24) is 9.72 Å². The molecule has 0 saturated heterocycles. The van der Waals surface area contributed by atoms with Gasteiger partial charge in [-0.05, 0) is 18.2 Å². The predicted octanol–water partition coefficient (Wildman–Crippen LogP) is 1.48. The SMILES string of the molecule is O=c1onc2n1-c1ccc(Br)cc1OC2. The molecule has 0 radical (unpaired) electrons. The average molecular weight is 269 g/mol. The van der Waals surface area contributed by atoms with Crippen molar-refractivity contribution in [2.45, 2.75) is 6.61 Å². The fraction of sp³-hybridized carbons (Fsp3) is 0.111. The lowest BCUT2D eigenvalue weighted by Crippen LogP contribution is -2.21. The first-order valence-electron chi connectivity index (χ1n) is 4.26. The highest BCUT2D eigenvalue weighted by atomic mass is 79.9. The first kappa shape index (κ1) is 8.72. The van der Waals surface area contributed by atoms with Crippen molar-refractivity contribution < 1.29 is 9.26 Å². The minimum Gasteiger partial charge on any atom is -0.483 e. The fourth-order valence-corrected chi connectivity index (χ4v) is 1.88. The Balaban J connectivity index is 2.33. The zero-order valence-electron chi connectivity index (χ0n) is 7.44. The summed E-state index contributed by atoms with van der Waals surface area (Å²) in [6, 6.07) is 5.41. The van der Waals surface area contributed by atoms with E-state index in [1.54, 1.807) is 12.1 Å². The van der Waals surface area contributed by atoms with Crippen LogP contribution in [0.2, 0.25) is 0 Å². The molecule has 1 aliphatic rings. The molecule has 0 saturated carbocycles. The highest BCUT2D eigenvalue weighted by Crippen LogP contribution is 2.30. The third kappa shape index (κ3) is 1.21. The smallest absolute Gasteiger partial charge is 0.446 e.